The number of nitrogens with one attached hydrogen (secondary N) is 1. The minimum atomic E-state index is -0.833. The molecule has 2 N–H and O–H groups in total. The molecule has 12 heteroatoms. The van der Waals surface area contributed by atoms with Gasteiger partial charge in [-0.15, -0.1) is 0 Å². The smallest absolute Gasteiger partial charge is 1.00 e. The van der Waals surface area contributed by atoms with Gasteiger partial charge < -0.3 is 22.6 Å². The maximum atomic E-state index is 11.5. The van der Waals surface area contributed by atoms with Crippen molar-refractivity contribution in [1.29, 1.82) is 0 Å². The van der Waals surface area contributed by atoms with Gasteiger partial charge in [0.05, 0.1) is 6.61 Å². The standard InChI is InChI=1S/C17H21NO.C7H7ClN4O2.C2H4O2.Ca.2H/c1-18(2)13-14-19-17(15-9-5-3-6-10-15)16-11-7-4-8-12-16;1-11-4-3(9-6(8)10-4)5(13)12(2)7(11)14;1-2(3)4;;;/h3-12,17H,13-14H2,1-2H3;1-2H3,(H,9,10);1H3,(H,3,4);;;/q;;;+2;2*-1. The van der Waals surface area contributed by atoms with Gasteiger partial charge in [0.1, 0.15) is 6.10 Å². The van der Waals surface area contributed by atoms with Gasteiger partial charge in [-0.3, -0.25) is 18.7 Å². The average molecular weight is 572 g/mol. The molecule has 202 valence electrons. The van der Waals surface area contributed by atoms with Crippen LogP contribution in [0.3, 0.4) is 0 Å². The van der Waals surface area contributed by atoms with Crippen molar-refractivity contribution in [1.82, 2.24) is 24.0 Å². The number of hydrogen-bond donors (Lipinski definition) is 2. The molecule has 0 bridgehead atoms. The minimum absolute atomic E-state index is 0. The molecule has 0 spiro atoms. The first-order valence-electron chi connectivity index (χ1n) is 11.4. The molecular weight excluding hydrogens is 538 g/mol. The van der Waals surface area contributed by atoms with E-state index < -0.39 is 17.2 Å². The summed E-state index contributed by atoms with van der Waals surface area (Å²) in [6.07, 6.45) is 0.0161. The van der Waals surface area contributed by atoms with Gasteiger partial charge >= 0.3 is 43.4 Å². The number of carboxylic acids is 1. The summed E-state index contributed by atoms with van der Waals surface area (Å²) in [6.45, 7) is 2.73. The van der Waals surface area contributed by atoms with Crippen LogP contribution in [0.15, 0.2) is 70.3 Å². The third-order valence-corrected chi connectivity index (χ3v) is 5.27. The fourth-order valence-corrected chi connectivity index (χ4v) is 3.47. The third-order valence-electron chi connectivity index (χ3n) is 5.09. The van der Waals surface area contributed by atoms with Crippen LogP contribution in [-0.2, 0) is 23.6 Å². The van der Waals surface area contributed by atoms with Crippen LogP contribution in [-0.4, -0.2) is 100 Å². The molecule has 0 amide bonds. The Labute approximate surface area is 258 Å². The van der Waals surface area contributed by atoms with Crippen LogP contribution in [0, 0.1) is 0 Å². The van der Waals surface area contributed by atoms with Gasteiger partial charge in [-0.05, 0) is 36.8 Å². The van der Waals surface area contributed by atoms with E-state index in [0.717, 1.165) is 24.6 Å². The largest absolute Gasteiger partial charge is 2.00 e. The molecule has 0 aliphatic carbocycles. The van der Waals surface area contributed by atoms with Crippen LogP contribution in [0.25, 0.3) is 11.2 Å². The van der Waals surface area contributed by atoms with E-state index in [4.69, 9.17) is 26.2 Å². The Bertz CT molecular complexity index is 1370. The second-order valence-corrected chi connectivity index (χ2v) is 8.68. The van der Waals surface area contributed by atoms with E-state index in [1.54, 1.807) is 0 Å². The molecule has 0 saturated carbocycles. The molecule has 0 saturated heterocycles. The summed E-state index contributed by atoms with van der Waals surface area (Å²) in [5.41, 5.74) is 2.05. The molecule has 2 aromatic carbocycles. The van der Waals surface area contributed by atoms with Crippen LogP contribution in [0.1, 0.15) is 27.0 Å². The number of aryl methyl sites for hydroxylation is 1. The Morgan fingerprint density at radius 2 is 1.53 bits per heavy atom. The molecule has 0 radical (unpaired) electrons. The van der Waals surface area contributed by atoms with Crippen LogP contribution >= 0.6 is 11.6 Å². The molecular formula is C26H34CaClN5O5. The summed E-state index contributed by atoms with van der Waals surface area (Å²) < 4.78 is 8.34. The number of rotatable bonds is 6. The Hall–Kier alpha value is -2.47. The fraction of sp³-hybridized carbons (Fsp3) is 0.308. The number of carbonyl (C=O) groups is 1. The van der Waals surface area contributed by atoms with Crippen molar-refractivity contribution in [3.63, 3.8) is 0 Å². The zero-order chi connectivity index (χ0) is 27.5. The van der Waals surface area contributed by atoms with Gasteiger partial charge in [-0.25, -0.2) is 4.79 Å². The Balaban J connectivity index is 0. The molecule has 0 fully saturated rings. The minimum Gasteiger partial charge on any atom is -1.00 e. The summed E-state index contributed by atoms with van der Waals surface area (Å²) in [5.74, 6) is -0.833. The van der Waals surface area contributed by atoms with E-state index >= 15 is 0 Å². The first-order chi connectivity index (χ1) is 17.5. The number of aliphatic carboxylic acids is 1. The number of hydrogen-bond acceptors (Lipinski definition) is 6. The number of likely N-dealkylation sites (N-methyl/N-ethyl adjacent to an activating group) is 1. The van der Waals surface area contributed by atoms with Crippen molar-refractivity contribution < 1.29 is 17.5 Å². The number of nitrogens with zero attached hydrogens (tertiary/aromatic N) is 4. The van der Waals surface area contributed by atoms with Crippen LogP contribution < -0.4 is 11.2 Å². The molecule has 2 heterocycles. The number of H-pyrrole nitrogens is 1. The number of carboxylic acid groups (broad SMARTS) is 1. The topological polar surface area (TPSA) is 122 Å². The number of benzene rings is 2. The van der Waals surface area contributed by atoms with Crippen molar-refractivity contribution in [3.05, 3.63) is 97.9 Å². The van der Waals surface area contributed by atoms with Gasteiger partial charge in [0.15, 0.2) is 11.2 Å². The SMILES string of the molecule is CC(=O)O.CN(C)CCOC(c1ccccc1)c1ccccc1.Cn1c(=O)c2[nH]c(Cl)nc2n(C)c1=O.[Ca+2].[H-].[H-]. The number of imidazole rings is 1. The molecule has 38 heavy (non-hydrogen) atoms. The maximum Gasteiger partial charge on any atom is 2.00 e. The third kappa shape index (κ3) is 10.0. The van der Waals surface area contributed by atoms with Gasteiger partial charge in [0.25, 0.3) is 11.5 Å². The van der Waals surface area contributed by atoms with Gasteiger partial charge in [-0.2, -0.15) is 4.98 Å². The number of aromatic amines is 1. The Kier molecular flexibility index (Phi) is 14.6. The first kappa shape index (κ1) is 33.6. The number of fused-ring (bicyclic) bond motifs is 1. The summed E-state index contributed by atoms with van der Waals surface area (Å²) >= 11 is 5.60. The van der Waals surface area contributed by atoms with E-state index in [0.29, 0.717) is 0 Å². The van der Waals surface area contributed by atoms with E-state index in [9.17, 15) is 9.59 Å². The van der Waals surface area contributed by atoms with Crippen molar-refractivity contribution in [2.45, 2.75) is 13.0 Å². The molecule has 0 atom stereocenters. The van der Waals surface area contributed by atoms with Gasteiger partial charge in [-0.1, -0.05) is 60.7 Å². The van der Waals surface area contributed by atoms with E-state index in [-0.39, 0.29) is 63.1 Å². The van der Waals surface area contributed by atoms with Crippen LogP contribution in [0.2, 0.25) is 5.28 Å². The molecule has 4 aromatic rings. The van der Waals surface area contributed by atoms with E-state index in [1.807, 2.05) is 12.1 Å². The average Bonchev–Trinajstić information content (AvgIpc) is 3.27. The molecule has 2 aromatic heterocycles. The first-order valence-corrected chi connectivity index (χ1v) is 11.8. The van der Waals surface area contributed by atoms with E-state index in [2.05, 4.69) is 77.5 Å². The number of ether oxygens (including phenoxy) is 1. The van der Waals surface area contributed by atoms with Crippen LogP contribution in [0.4, 0.5) is 0 Å². The van der Waals surface area contributed by atoms with E-state index in [1.165, 1.54) is 29.8 Å². The van der Waals surface area contributed by atoms with Crippen molar-refractivity contribution in [2.24, 2.45) is 14.1 Å². The summed E-state index contributed by atoms with van der Waals surface area (Å²) in [5, 5.41) is 7.51. The molecule has 0 aliphatic heterocycles. The van der Waals surface area contributed by atoms with Crippen molar-refractivity contribution in [2.75, 3.05) is 27.2 Å². The van der Waals surface area contributed by atoms with Gasteiger partial charge in [0, 0.05) is 27.6 Å². The maximum absolute atomic E-state index is 11.5. The van der Waals surface area contributed by atoms with Crippen LogP contribution in [0.5, 0.6) is 0 Å². The molecule has 0 aliphatic rings. The van der Waals surface area contributed by atoms with Gasteiger partial charge in [0.2, 0.25) is 5.28 Å². The molecule has 4 rings (SSSR count). The molecule has 10 nitrogen and oxygen atoms in total. The second-order valence-electron chi connectivity index (χ2n) is 8.33. The monoisotopic (exact) mass is 571 g/mol. The number of aromatic nitrogens is 4. The van der Waals surface area contributed by atoms with Crippen molar-refractivity contribution >= 4 is 66.5 Å². The summed E-state index contributed by atoms with van der Waals surface area (Å²) in [6, 6.07) is 20.8. The quantitative estimate of drug-likeness (QED) is 0.269. The zero-order valence-corrected chi connectivity index (χ0v) is 25.2. The normalized spacial score (nSPS) is 10.3. The van der Waals surface area contributed by atoms with Crippen molar-refractivity contribution in [3.8, 4) is 0 Å². The fourth-order valence-electron chi connectivity index (χ4n) is 3.29. The predicted molar refractivity (Wildman–Crippen MR) is 152 cm³/mol. The summed E-state index contributed by atoms with van der Waals surface area (Å²) in [4.78, 5) is 40.5. The zero-order valence-electron chi connectivity index (χ0n) is 24.2. The predicted octanol–water partition coefficient (Wildman–Crippen LogP) is 2.90. The Morgan fingerprint density at radius 1 is 1.05 bits per heavy atom. The Morgan fingerprint density at radius 3 is 1.97 bits per heavy atom. The number of halogens is 1. The second kappa shape index (κ2) is 16.5. The summed E-state index contributed by atoms with van der Waals surface area (Å²) in [7, 11) is 7.05. The molecule has 0 unspecified atom stereocenters.